The van der Waals surface area contributed by atoms with Crippen molar-refractivity contribution in [1.29, 1.82) is 0 Å². The fraction of sp³-hybridized carbons (Fsp3) is 0.800. The van der Waals surface area contributed by atoms with E-state index in [1.165, 1.54) is 7.11 Å². The maximum absolute atomic E-state index is 11.5. The van der Waals surface area contributed by atoms with Crippen LogP contribution in [0.5, 0.6) is 0 Å². The molecule has 0 aliphatic carbocycles. The fourth-order valence-corrected chi connectivity index (χ4v) is 1.79. The number of nitrogens with two attached hydrogens (primary N) is 1. The fourth-order valence-electron chi connectivity index (χ4n) is 1.79. The molecule has 1 unspecified atom stereocenters. The van der Waals surface area contributed by atoms with Crippen LogP contribution in [-0.4, -0.2) is 43.0 Å². The van der Waals surface area contributed by atoms with Gasteiger partial charge in [0.15, 0.2) is 0 Å². The number of rotatable bonds is 2. The van der Waals surface area contributed by atoms with E-state index in [2.05, 4.69) is 4.74 Å². The van der Waals surface area contributed by atoms with E-state index >= 15 is 0 Å². The van der Waals surface area contributed by atoms with Gasteiger partial charge >= 0.3 is 5.97 Å². The van der Waals surface area contributed by atoms with E-state index in [0.29, 0.717) is 25.9 Å². The first-order chi connectivity index (χ1) is 7.06. The van der Waals surface area contributed by atoms with Crippen molar-refractivity contribution in [3.05, 3.63) is 0 Å². The average Bonchev–Trinajstić information content (AvgIpc) is 2.27. The molecule has 0 saturated carbocycles. The first kappa shape index (κ1) is 12.0. The molecule has 1 aliphatic rings. The van der Waals surface area contributed by atoms with Crippen molar-refractivity contribution in [2.75, 3.05) is 20.2 Å². The van der Waals surface area contributed by atoms with Gasteiger partial charge in [0.05, 0.1) is 19.1 Å². The zero-order valence-corrected chi connectivity index (χ0v) is 9.23. The van der Waals surface area contributed by atoms with E-state index in [4.69, 9.17) is 5.73 Å². The van der Waals surface area contributed by atoms with Gasteiger partial charge in [-0.05, 0) is 19.8 Å². The van der Waals surface area contributed by atoms with Crippen LogP contribution < -0.4 is 5.73 Å². The lowest BCUT2D eigenvalue weighted by molar-refractivity contribution is -0.149. The van der Waals surface area contributed by atoms with Gasteiger partial charge in [-0.2, -0.15) is 0 Å². The molecule has 15 heavy (non-hydrogen) atoms. The van der Waals surface area contributed by atoms with Gasteiger partial charge in [0.1, 0.15) is 0 Å². The largest absolute Gasteiger partial charge is 0.469 e. The summed E-state index contributed by atoms with van der Waals surface area (Å²) < 4.78 is 4.67. The molecule has 1 saturated heterocycles. The number of esters is 1. The Bertz CT molecular complexity index is 245. The van der Waals surface area contributed by atoms with Crippen LogP contribution in [0.25, 0.3) is 0 Å². The second-order valence-electron chi connectivity index (χ2n) is 3.91. The normalized spacial score (nSPS) is 19.8. The monoisotopic (exact) mass is 214 g/mol. The van der Waals surface area contributed by atoms with E-state index < -0.39 is 6.04 Å². The second-order valence-corrected chi connectivity index (χ2v) is 3.91. The molecule has 5 nitrogen and oxygen atoms in total. The van der Waals surface area contributed by atoms with Crippen molar-refractivity contribution in [3.63, 3.8) is 0 Å². The third kappa shape index (κ3) is 2.92. The average molecular weight is 214 g/mol. The van der Waals surface area contributed by atoms with Crippen LogP contribution in [0.4, 0.5) is 0 Å². The highest BCUT2D eigenvalue weighted by molar-refractivity contribution is 5.81. The van der Waals surface area contributed by atoms with Gasteiger partial charge in [-0.15, -0.1) is 0 Å². The zero-order chi connectivity index (χ0) is 11.4. The minimum atomic E-state index is -0.459. The molecule has 0 bridgehead atoms. The van der Waals surface area contributed by atoms with E-state index in [9.17, 15) is 9.59 Å². The summed E-state index contributed by atoms with van der Waals surface area (Å²) >= 11 is 0. The number of likely N-dealkylation sites (tertiary alicyclic amines) is 1. The van der Waals surface area contributed by atoms with Gasteiger partial charge in [-0.1, -0.05) is 0 Å². The van der Waals surface area contributed by atoms with Crippen LogP contribution in [0, 0.1) is 5.92 Å². The number of hydrogen-bond donors (Lipinski definition) is 1. The first-order valence-corrected chi connectivity index (χ1v) is 5.18. The van der Waals surface area contributed by atoms with Crippen molar-refractivity contribution in [1.82, 2.24) is 4.90 Å². The van der Waals surface area contributed by atoms with Crippen LogP contribution in [0.2, 0.25) is 0 Å². The van der Waals surface area contributed by atoms with Gasteiger partial charge in [0, 0.05) is 13.1 Å². The van der Waals surface area contributed by atoms with E-state index in [-0.39, 0.29) is 17.8 Å². The first-order valence-electron chi connectivity index (χ1n) is 5.18. The Labute approximate surface area is 89.6 Å². The highest BCUT2D eigenvalue weighted by Gasteiger charge is 2.28. The van der Waals surface area contributed by atoms with E-state index in [0.717, 1.165) is 0 Å². The number of ether oxygens (including phenoxy) is 1. The molecule has 0 spiro atoms. The number of hydrogen-bond acceptors (Lipinski definition) is 4. The predicted molar refractivity (Wildman–Crippen MR) is 55.0 cm³/mol. The minimum absolute atomic E-state index is 0.0432. The summed E-state index contributed by atoms with van der Waals surface area (Å²) in [6.07, 6.45) is 1.34. The zero-order valence-electron chi connectivity index (χ0n) is 9.23. The molecule has 0 aromatic heterocycles. The highest BCUT2D eigenvalue weighted by Crippen LogP contribution is 2.18. The predicted octanol–water partition coefficient (Wildman–Crippen LogP) is -0.255. The Morgan fingerprint density at radius 1 is 1.40 bits per heavy atom. The molecular weight excluding hydrogens is 196 g/mol. The molecule has 1 amide bonds. The molecule has 1 aliphatic heterocycles. The quantitative estimate of drug-likeness (QED) is 0.643. The number of carbonyl (C=O) groups excluding carboxylic acids is 2. The lowest BCUT2D eigenvalue weighted by atomic mass is 9.96. The van der Waals surface area contributed by atoms with Crippen molar-refractivity contribution in [2.45, 2.75) is 25.8 Å². The van der Waals surface area contributed by atoms with Gasteiger partial charge in [0.2, 0.25) is 5.91 Å². The smallest absolute Gasteiger partial charge is 0.308 e. The molecule has 1 fully saturated rings. The van der Waals surface area contributed by atoms with Crippen molar-refractivity contribution in [3.8, 4) is 0 Å². The number of nitrogens with zero attached hydrogens (tertiary/aromatic N) is 1. The summed E-state index contributed by atoms with van der Waals surface area (Å²) in [7, 11) is 1.39. The molecule has 1 rings (SSSR count). The number of carbonyl (C=O) groups is 2. The minimum Gasteiger partial charge on any atom is -0.469 e. The Morgan fingerprint density at radius 2 is 1.93 bits per heavy atom. The molecule has 86 valence electrons. The number of piperidine rings is 1. The summed E-state index contributed by atoms with van der Waals surface area (Å²) in [5, 5.41) is 0. The van der Waals surface area contributed by atoms with Crippen LogP contribution >= 0.6 is 0 Å². The summed E-state index contributed by atoms with van der Waals surface area (Å²) in [6, 6.07) is -0.459. The Kier molecular flexibility index (Phi) is 4.08. The summed E-state index contributed by atoms with van der Waals surface area (Å²) in [4.78, 5) is 24.5. The van der Waals surface area contributed by atoms with Crippen molar-refractivity contribution < 1.29 is 14.3 Å². The van der Waals surface area contributed by atoms with Crippen LogP contribution in [0.15, 0.2) is 0 Å². The Hall–Kier alpha value is -1.10. The highest BCUT2D eigenvalue weighted by atomic mass is 16.5. The molecule has 0 aromatic rings. The molecule has 0 radical (unpaired) electrons. The van der Waals surface area contributed by atoms with Crippen LogP contribution in [0.3, 0.4) is 0 Å². The SMILES string of the molecule is COC(=O)C1CCN(C(=O)C(C)N)CC1. The maximum atomic E-state index is 11.5. The third-order valence-corrected chi connectivity index (χ3v) is 2.73. The lowest BCUT2D eigenvalue weighted by Crippen LogP contribution is -2.46. The topological polar surface area (TPSA) is 72.6 Å². The molecule has 2 N–H and O–H groups in total. The van der Waals surface area contributed by atoms with E-state index in [1.54, 1.807) is 11.8 Å². The Morgan fingerprint density at radius 3 is 2.33 bits per heavy atom. The lowest BCUT2D eigenvalue weighted by Gasteiger charge is -2.31. The third-order valence-electron chi connectivity index (χ3n) is 2.73. The van der Waals surface area contributed by atoms with Gasteiger partial charge < -0.3 is 15.4 Å². The molecule has 0 aromatic carbocycles. The molecule has 1 heterocycles. The van der Waals surface area contributed by atoms with Crippen molar-refractivity contribution in [2.24, 2.45) is 11.7 Å². The maximum Gasteiger partial charge on any atom is 0.308 e. The Balaban J connectivity index is 2.42. The molecular formula is C10H18N2O3. The second kappa shape index (κ2) is 5.11. The molecule has 1 atom stereocenters. The standard InChI is InChI=1S/C10H18N2O3/c1-7(11)9(13)12-5-3-8(4-6-12)10(14)15-2/h7-8H,3-6,11H2,1-2H3. The molecule has 5 heteroatoms. The van der Waals surface area contributed by atoms with E-state index in [1.807, 2.05) is 0 Å². The summed E-state index contributed by atoms with van der Waals surface area (Å²) in [5.41, 5.74) is 5.50. The summed E-state index contributed by atoms with van der Waals surface area (Å²) in [6.45, 7) is 2.87. The number of amides is 1. The number of methoxy groups -OCH3 is 1. The van der Waals surface area contributed by atoms with Crippen molar-refractivity contribution >= 4 is 11.9 Å². The van der Waals surface area contributed by atoms with Gasteiger partial charge in [-0.3, -0.25) is 9.59 Å². The summed E-state index contributed by atoms with van der Waals surface area (Å²) in [5.74, 6) is -0.284. The van der Waals surface area contributed by atoms with Gasteiger partial charge in [-0.25, -0.2) is 0 Å². The van der Waals surface area contributed by atoms with Gasteiger partial charge in [0.25, 0.3) is 0 Å². The van der Waals surface area contributed by atoms with Crippen LogP contribution in [-0.2, 0) is 14.3 Å². The van der Waals surface area contributed by atoms with Crippen LogP contribution in [0.1, 0.15) is 19.8 Å².